The topological polar surface area (TPSA) is 88.1 Å². The monoisotopic (exact) mass is 404 g/mol. The first-order valence-corrected chi connectivity index (χ1v) is 10.0. The molecule has 0 saturated carbocycles. The molecule has 1 aliphatic heterocycles. The summed E-state index contributed by atoms with van der Waals surface area (Å²) in [6.45, 7) is 1.12. The fraction of sp³-hybridized carbons (Fsp3) is 0.350. The standard InChI is InChI=1S/C20H24N2O5S/c1-26-18-9-5-16(6-10-18)15-3-7-17(8-4-15)22(28(24)25)20(19(23)27-2)11-13-21-14-12-20/h3-10,21H,11-14H2,1-2H3,(H,24,25). The lowest BCUT2D eigenvalue weighted by atomic mass is 9.87. The van der Waals surface area contributed by atoms with E-state index in [4.69, 9.17) is 9.47 Å². The predicted molar refractivity (Wildman–Crippen MR) is 109 cm³/mol. The van der Waals surface area contributed by atoms with Crippen molar-refractivity contribution >= 4 is 22.9 Å². The van der Waals surface area contributed by atoms with Gasteiger partial charge in [-0.2, -0.15) is 0 Å². The third-order valence-electron chi connectivity index (χ3n) is 5.07. The number of piperidine rings is 1. The van der Waals surface area contributed by atoms with Gasteiger partial charge < -0.3 is 14.8 Å². The van der Waals surface area contributed by atoms with E-state index in [0.29, 0.717) is 31.6 Å². The van der Waals surface area contributed by atoms with Crippen molar-refractivity contribution in [3.8, 4) is 16.9 Å². The fourth-order valence-corrected chi connectivity index (χ4v) is 4.44. The SMILES string of the molecule is COC(=O)C1(N(c2ccc(-c3ccc(OC)cc3)cc2)S(=O)O)CCNCC1. The minimum Gasteiger partial charge on any atom is -0.497 e. The third kappa shape index (κ3) is 3.89. The zero-order chi connectivity index (χ0) is 20.1. The predicted octanol–water partition coefficient (Wildman–Crippen LogP) is 2.60. The van der Waals surface area contributed by atoms with Crippen molar-refractivity contribution < 1.29 is 23.0 Å². The second-order valence-electron chi connectivity index (χ2n) is 6.57. The van der Waals surface area contributed by atoms with Gasteiger partial charge >= 0.3 is 5.97 Å². The molecule has 0 radical (unpaired) electrons. The second kappa shape index (κ2) is 8.72. The Bertz CT molecular complexity index is 833. The lowest BCUT2D eigenvalue weighted by Crippen LogP contribution is -2.60. The van der Waals surface area contributed by atoms with Gasteiger partial charge in [0.15, 0.2) is 5.54 Å². The van der Waals surface area contributed by atoms with Crippen LogP contribution in [0.5, 0.6) is 5.75 Å². The Balaban J connectivity index is 1.95. The van der Waals surface area contributed by atoms with Gasteiger partial charge in [0.05, 0.1) is 19.9 Å². The summed E-state index contributed by atoms with van der Waals surface area (Å²) in [7, 11) is 2.92. The van der Waals surface area contributed by atoms with Crippen molar-refractivity contribution in [1.29, 1.82) is 0 Å². The lowest BCUT2D eigenvalue weighted by Gasteiger charge is -2.42. The van der Waals surface area contributed by atoms with Crippen LogP contribution in [0.15, 0.2) is 48.5 Å². The highest BCUT2D eigenvalue weighted by atomic mass is 32.2. The van der Waals surface area contributed by atoms with Gasteiger partial charge in [0.25, 0.3) is 11.3 Å². The molecule has 1 heterocycles. The largest absolute Gasteiger partial charge is 0.497 e. The van der Waals surface area contributed by atoms with Gasteiger partial charge in [0.1, 0.15) is 5.75 Å². The maximum absolute atomic E-state index is 12.6. The molecule has 1 fully saturated rings. The van der Waals surface area contributed by atoms with E-state index >= 15 is 0 Å². The number of ether oxygens (including phenoxy) is 2. The first kappa shape index (κ1) is 20.3. The average Bonchev–Trinajstić information content (AvgIpc) is 2.74. The van der Waals surface area contributed by atoms with Crippen LogP contribution in [0.2, 0.25) is 0 Å². The Labute approximate surface area is 167 Å². The molecule has 150 valence electrons. The number of benzene rings is 2. The zero-order valence-corrected chi connectivity index (χ0v) is 16.7. The summed E-state index contributed by atoms with van der Waals surface area (Å²) < 4.78 is 33.7. The van der Waals surface area contributed by atoms with Crippen molar-refractivity contribution in [1.82, 2.24) is 5.32 Å². The fourth-order valence-electron chi connectivity index (χ4n) is 3.58. The molecule has 0 aliphatic carbocycles. The van der Waals surface area contributed by atoms with Gasteiger partial charge in [-0.3, -0.25) is 8.86 Å². The summed E-state index contributed by atoms with van der Waals surface area (Å²) in [5.41, 5.74) is 1.26. The van der Waals surface area contributed by atoms with Crippen LogP contribution in [0.4, 0.5) is 5.69 Å². The summed E-state index contributed by atoms with van der Waals surface area (Å²) in [6.07, 6.45) is 0.762. The molecular formula is C20H24N2O5S. The van der Waals surface area contributed by atoms with Crippen LogP contribution in [-0.2, 0) is 20.8 Å². The second-order valence-corrected chi connectivity index (χ2v) is 7.40. The molecule has 0 bridgehead atoms. The van der Waals surface area contributed by atoms with E-state index in [1.807, 2.05) is 36.4 Å². The first-order chi connectivity index (χ1) is 13.5. The number of carbonyl (C=O) groups is 1. The molecule has 1 saturated heterocycles. The summed E-state index contributed by atoms with van der Waals surface area (Å²) in [5.74, 6) is 0.267. The minimum atomic E-state index is -2.38. The van der Waals surface area contributed by atoms with Gasteiger partial charge in [-0.05, 0) is 61.3 Å². The first-order valence-electron chi connectivity index (χ1n) is 8.96. The summed E-state index contributed by atoms with van der Waals surface area (Å²) in [6, 6.07) is 14.9. The molecule has 1 aliphatic rings. The van der Waals surface area contributed by atoms with Crippen molar-refractivity contribution in [3.63, 3.8) is 0 Å². The number of methoxy groups -OCH3 is 2. The van der Waals surface area contributed by atoms with Gasteiger partial charge in [-0.15, -0.1) is 0 Å². The van der Waals surface area contributed by atoms with Crippen LogP contribution in [0.3, 0.4) is 0 Å². The van der Waals surface area contributed by atoms with E-state index < -0.39 is 22.8 Å². The van der Waals surface area contributed by atoms with Crippen molar-refractivity contribution in [2.75, 3.05) is 31.6 Å². The van der Waals surface area contributed by atoms with Crippen LogP contribution in [0.1, 0.15) is 12.8 Å². The van der Waals surface area contributed by atoms with Crippen LogP contribution < -0.4 is 14.4 Å². The number of nitrogens with one attached hydrogen (secondary N) is 1. The molecule has 2 aromatic carbocycles. The lowest BCUT2D eigenvalue weighted by molar-refractivity contribution is -0.147. The van der Waals surface area contributed by atoms with E-state index in [9.17, 15) is 13.6 Å². The Kier molecular flexibility index (Phi) is 6.33. The maximum Gasteiger partial charge on any atom is 0.332 e. The summed E-state index contributed by atoms with van der Waals surface area (Å²) >= 11 is -2.38. The Morgan fingerprint density at radius 2 is 1.57 bits per heavy atom. The quantitative estimate of drug-likeness (QED) is 0.568. The number of carbonyl (C=O) groups excluding carboxylic acids is 1. The van der Waals surface area contributed by atoms with E-state index in [1.165, 1.54) is 11.4 Å². The molecule has 7 nitrogen and oxygen atoms in total. The van der Waals surface area contributed by atoms with E-state index in [2.05, 4.69) is 5.32 Å². The van der Waals surface area contributed by atoms with Gasteiger partial charge in [0, 0.05) is 0 Å². The summed E-state index contributed by atoms with van der Waals surface area (Å²) in [5, 5.41) is 3.18. The molecule has 0 aromatic heterocycles. The third-order valence-corrected chi connectivity index (χ3v) is 5.94. The summed E-state index contributed by atoms with van der Waals surface area (Å²) in [4.78, 5) is 12.6. The van der Waals surface area contributed by atoms with Crippen LogP contribution >= 0.6 is 0 Å². The molecule has 1 atom stereocenters. The highest BCUT2D eigenvalue weighted by Gasteiger charge is 2.48. The van der Waals surface area contributed by atoms with E-state index in [0.717, 1.165) is 16.9 Å². The van der Waals surface area contributed by atoms with Crippen molar-refractivity contribution in [2.45, 2.75) is 18.4 Å². The smallest absolute Gasteiger partial charge is 0.332 e. The Morgan fingerprint density at radius 3 is 2.04 bits per heavy atom. The maximum atomic E-state index is 12.6. The van der Waals surface area contributed by atoms with Crippen LogP contribution in [0.25, 0.3) is 11.1 Å². The molecular weight excluding hydrogens is 380 g/mol. The number of nitrogens with zero attached hydrogens (tertiary/aromatic N) is 1. The molecule has 1 unspecified atom stereocenters. The van der Waals surface area contributed by atoms with Crippen molar-refractivity contribution in [3.05, 3.63) is 48.5 Å². The molecule has 8 heteroatoms. The van der Waals surface area contributed by atoms with E-state index in [-0.39, 0.29) is 0 Å². The molecule has 3 rings (SSSR count). The molecule has 2 N–H and O–H groups in total. The Morgan fingerprint density at radius 1 is 1.04 bits per heavy atom. The van der Waals surface area contributed by atoms with Crippen LogP contribution in [-0.4, -0.2) is 47.6 Å². The highest BCUT2D eigenvalue weighted by Crippen LogP contribution is 2.35. The molecule has 0 spiro atoms. The van der Waals surface area contributed by atoms with Gasteiger partial charge in [-0.25, -0.2) is 9.00 Å². The van der Waals surface area contributed by atoms with E-state index in [1.54, 1.807) is 19.2 Å². The number of rotatable bonds is 6. The molecule has 0 amide bonds. The minimum absolute atomic E-state index is 0.381. The van der Waals surface area contributed by atoms with Crippen molar-refractivity contribution in [2.24, 2.45) is 0 Å². The van der Waals surface area contributed by atoms with Gasteiger partial charge in [-0.1, -0.05) is 24.3 Å². The van der Waals surface area contributed by atoms with Crippen LogP contribution in [0, 0.1) is 0 Å². The normalized spacial score (nSPS) is 16.8. The van der Waals surface area contributed by atoms with Gasteiger partial charge in [0.2, 0.25) is 0 Å². The highest BCUT2D eigenvalue weighted by molar-refractivity contribution is 7.80. The molecule has 28 heavy (non-hydrogen) atoms. The number of esters is 1. The molecule has 2 aromatic rings. The average molecular weight is 404 g/mol. The zero-order valence-electron chi connectivity index (χ0n) is 15.9. The Hall–Kier alpha value is -2.42. The number of hydrogen-bond acceptors (Lipinski definition) is 5. The number of hydrogen-bond donors (Lipinski definition) is 2. The number of anilines is 1.